The number of hydrogen-bond donors (Lipinski definition) is 1. The fourth-order valence-corrected chi connectivity index (χ4v) is 3.22. The van der Waals surface area contributed by atoms with Crippen molar-refractivity contribution in [1.29, 1.82) is 0 Å². The fourth-order valence-electron chi connectivity index (χ4n) is 3.22. The van der Waals surface area contributed by atoms with Gasteiger partial charge in [-0.1, -0.05) is 69.2 Å². The van der Waals surface area contributed by atoms with Crippen LogP contribution in [0, 0.1) is 10.1 Å². The lowest BCUT2D eigenvalue weighted by atomic mass is 10.1. The Hall–Kier alpha value is -2.66. The lowest BCUT2D eigenvalue weighted by Gasteiger charge is -2.06. The Morgan fingerprint density at radius 3 is 1.70 bits per heavy atom. The van der Waals surface area contributed by atoms with Crippen LogP contribution in [0.3, 0.4) is 0 Å². The summed E-state index contributed by atoms with van der Waals surface area (Å²) >= 11 is 0. The van der Waals surface area contributed by atoms with Gasteiger partial charge in [0.2, 0.25) is 0 Å². The van der Waals surface area contributed by atoms with E-state index in [1.165, 1.54) is 50.7 Å². The summed E-state index contributed by atoms with van der Waals surface area (Å²) in [5, 5.41) is 19.4. The molecule has 0 spiro atoms. The number of aliphatic hydroxyl groups excluding tert-OH is 1. The molecule has 5 heteroatoms. The van der Waals surface area contributed by atoms with E-state index in [-0.39, 0.29) is 5.69 Å². The van der Waals surface area contributed by atoms with E-state index in [2.05, 4.69) is 0 Å². The lowest BCUT2D eigenvalue weighted by Crippen LogP contribution is -1.97. The van der Waals surface area contributed by atoms with Gasteiger partial charge in [0, 0.05) is 18.7 Å². The Kier molecular flexibility index (Phi) is 11.3. The van der Waals surface area contributed by atoms with E-state index in [1.807, 2.05) is 36.4 Å². The molecule has 162 valence electrons. The van der Waals surface area contributed by atoms with Gasteiger partial charge in [-0.15, -0.1) is 0 Å². The number of aliphatic hydroxyl groups is 1. The third kappa shape index (κ3) is 9.70. The van der Waals surface area contributed by atoms with E-state index in [1.54, 1.807) is 12.1 Å². The van der Waals surface area contributed by atoms with E-state index in [4.69, 9.17) is 9.84 Å². The summed E-state index contributed by atoms with van der Waals surface area (Å²) < 4.78 is 5.82. The van der Waals surface area contributed by atoms with Crippen LogP contribution >= 0.6 is 0 Å². The summed E-state index contributed by atoms with van der Waals surface area (Å²) in [6, 6.07) is 14.5. The average molecular weight is 412 g/mol. The zero-order valence-corrected chi connectivity index (χ0v) is 17.7. The van der Waals surface area contributed by atoms with Crippen LogP contribution in [0.2, 0.25) is 0 Å². The Bertz CT molecular complexity index is 754. The van der Waals surface area contributed by atoms with E-state index >= 15 is 0 Å². The minimum Gasteiger partial charge on any atom is -0.494 e. The summed E-state index contributed by atoms with van der Waals surface area (Å²) in [5.74, 6) is 0.881. The second kappa shape index (κ2) is 14.3. The van der Waals surface area contributed by atoms with Crippen molar-refractivity contribution in [1.82, 2.24) is 0 Å². The summed E-state index contributed by atoms with van der Waals surface area (Å²) in [5.41, 5.74) is 2.08. The second-order valence-electron chi connectivity index (χ2n) is 7.51. The molecule has 0 unspecified atom stereocenters. The molecule has 0 heterocycles. The molecular weight excluding hydrogens is 378 g/mol. The molecule has 0 aliphatic carbocycles. The zero-order valence-electron chi connectivity index (χ0n) is 17.7. The molecule has 1 N–H and O–H groups in total. The minimum atomic E-state index is -0.394. The van der Waals surface area contributed by atoms with Gasteiger partial charge >= 0.3 is 0 Å². The van der Waals surface area contributed by atoms with Crippen LogP contribution in [0.4, 0.5) is 5.69 Å². The van der Waals surface area contributed by atoms with Crippen LogP contribution in [-0.4, -0.2) is 23.2 Å². The first-order valence-electron chi connectivity index (χ1n) is 11.0. The molecule has 30 heavy (non-hydrogen) atoms. The molecule has 0 amide bonds. The van der Waals surface area contributed by atoms with Crippen LogP contribution in [0.15, 0.2) is 48.5 Å². The van der Waals surface area contributed by atoms with Gasteiger partial charge in [0.1, 0.15) is 5.75 Å². The summed E-state index contributed by atoms with van der Waals surface area (Å²) in [6.07, 6.45) is 14.6. The van der Waals surface area contributed by atoms with Crippen LogP contribution in [0.5, 0.6) is 5.75 Å². The third-order valence-corrected chi connectivity index (χ3v) is 5.02. The average Bonchev–Trinajstić information content (AvgIpc) is 2.77. The van der Waals surface area contributed by atoms with Crippen LogP contribution < -0.4 is 4.74 Å². The van der Waals surface area contributed by atoms with Crippen LogP contribution in [0.1, 0.15) is 68.9 Å². The van der Waals surface area contributed by atoms with Gasteiger partial charge in [-0.2, -0.15) is 0 Å². The molecule has 2 aromatic rings. The van der Waals surface area contributed by atoms with Crippen molar-refractivity contribution in [3.63, 3.8) is 0 Å². The molecule has 0 radical (unpaired) electrons. The summed E-state index contributed by atoms with van der Waals surface area (Å²) in [7, 11) is 0. The van der Waals surface area contributed by atoms with Gasteiger partial charge in [-0.3, -0.25) is 10.1 Å². The van der Waals surface area contributed by atoms with Crippen molar-refractivity contribution in [2.75, 3.05) is 13.2 Å². The first kappa shape index (κ1) is 23.6. The van der Waals surface area contributed by atoms with Crippen molar-refractivity contribution in [2.45, 2.75) is 57.8 Å². The van der Waals surface area contributed by atoms with Crippen molar-refractivity contribution >= 4 is 17.8 Å². The number of rotatable bonds is 15. The summed E-state index contributed by atoms with van der Waals surface area (Å²) in [4.78, 5) is 10.3. The Labute approximate surface area is 179 Å². The molecule has 5 nitrogen and oxygen atoms in total. The highest BCUT2D eigenvalue weighted by atomic mass is 16.6. The second-order valence-corrected chi connectivity index (χ2v) is 7.51. The Morgan fingerprint density at radius 1 is 0.733 bits per heavy atom. The smallest absolute Gasteiger partial charge is 0.269 e. The molecule has 2 rings (SSSR count). The zero-order chi connectivity index (χ0) is 21.4. The van der Waals surface area contributed by atoms with E-state index < -0.39 is 4.92 Å². The molecule has 0 fully saturated rings. The lowest BCUT2D eigenvalue weighted by molar-refractivity contribution is -0.384. The van der Waals surface area contributed by atoms with Gasteiger partial charge < -0.3 is 9.84 Å². The maximum absolute atomic E-state index is 10.7. The fraction of sp³-hybridized carbons (Fsp3) is 0.440. The number of nitro benzene ring substituents is 1. The molecule has 2 aromatic carbocycles. The van der Waals surface area contributed by atoms with E-state index in [0.717, 1.165) is 42.7 Å². The maximum Gasteiger partial charge on any atom is 0.269 e. The van der Waals surface area contributed by atoms with Gasteiger partial charge in [0.05, 0.1) is 11.5 Å². The molecule has 0 aliphatic heterocycles. The monoisotopic (exact) mass is 411 g/mol. The van der Waals surface area contributed by atoms with E-state index in [9.17, 15) is 10.1 Å². The molecule has 0 saturated heterocycles. The number of non-ortho nitro benzene ring substituents is 1. The van der Waals surface area contributed by atoms with Crippen LogP contribution in [0.25, 0.3) is 12.2 Å². The SMILES string of the molecule is O=[N+]([O-])c1ccc(C=Cc2ccc(OCCCCCCCCCCCO)cc2)cc1. The van der Waals surface area contributed by atoms with E-state index in [0.29, 0.717) is 6.61 Å². The predicted octanol–water partition coefficient (Wildman–Crippen LogP) is 6.65. The van der Waals surface area contributed by atoms with Crippen molar-refractivity contribution in [3.8, 4) is 5.75 Å². The Balaban J connectivity index is 1.59. The minimum absolute atomic E-state index is 0.0999. The number of benzene rings is 2. The summed E-state index contributed by atoms with van der Waals surface area (Å²) in [6.45, 7) is 1.07. The van der Waals surface area contributed by atoms with Crippen LogP contribution in [-0.2, 0) is 0 Å². The predicted molar refractivity (Wildman–Crippen MR) is 123 cm³/mol. The van der Waals surface area contributed by atoms with Crippen molar-refractivity contribution in [2.24, 2.45) is 0 Å². The molecule has 0 aliphatic rings. The molecule has 0 atom stereocenters. The number of nitrogens with zero attached hydrogens (tertiary/aromatic N) is 1. The first-order chi connectivity index (χ1) is 14.7. The largest absolute Gasteiger partial charge is 0.494 e. The first-order valence-corrected chi connectivity index (χ1v) is 11.0. The molecule has 0 bridgehead atoms. The number of hydrogen-bond acceptors (Lipinski definition) is 4. The third-order valence-electron chi connectivity index (χ3n) is 5.02. The molecule has 0 saturated carbocycles. The quantitative estimate of drug-likeness (QED) is 0.154. The number of ether oxygens (including phenoxy) is 1. The highest BCUT2D eigenvalue weighted by Gasteiger charge is 2.02. The number of nitro groups is 1. The highest BCUT2D eigenvalue weighted by Crippen LogP contribution is 2.17. The highest BCUT2D eigenvalue weighted by molar-refractivity contribution is 5.70. The number of unbranched alkanes of at least 4 members (excludes halogenated alkanes) is 8. The maximum atomic E-state index is 10.7. The Morgan fingerprint density at radius 2 is 1.20 bits per heavy atom. The van der Waals surface area contributed by atoms with Gasteiger partial charge in [-0.05, 0) is 48.2 Å². The standard InChI is InChI=1S/C25H33NO4/c27-20-8-6-4-2-1-3-5-7-9-21-30-25-18-14-23(15-19-25)11-10-22-12-16-24(17-13-22)26(28)29/h10-19,27H,1-9,20-21H2. The van der Waals surface area contributed by atoms with Crippen molar-refractivity contribution in [3.05, 3.63) is 69.8 Å². The van der Waals surface area contributed by atoms with Crippen molar-refractivity contribution < 1.29 is 14.8 Å². The van der Waals surface area contributed by atoms with Gasteiger partial charge in [-0.25, -0.2) is 0 Å². The topological polar surface area (TPSA) is 72.6 Å². The van der Waals surface area contributed by atoms with Gasteiger partial charge in [0.25, 0.3) is 5.69 Å². The van der Waals surface area contributed by atoms with Gasteiger partial charge in [0.15, 0.2) is 0 Å². The molecular formula is C25H33NO4. The molecule has 0 aromatic heterocycles. The normalized spacial score (nSPS) is 11.1.